The molecule has 0 atom stereocenters. The maximum atomic E-state index is 13.2. The van der Waals surface area contributed by atoms with Crippen LogP contribution in [0.15, 0.2) is 83.5 Å². The van der Waals surface area contributed by atoms with E-state index in [1.807, 2.05) is 72.8 Å². The predicted octanol–water partition coefficient (Wildman–Crippen LogP) is 3.07. The zero-order valence-corrected chi connectivity index (χ0v) is 18.0. The Balaban J connectivity index is 1.28. The van der Waals surface area contributed by atoms with Gasteiger partial charge >= 0.3 is 0 Å². The maximum Gasteiger partial charge on any atom is 0.241 e. The largest absolute Gasteiger partial charge is 0.467 e. The summed E-state index contributed by atoms with van der Waals surface area (Å²) in [6.07, 6.45) is 1.62. The first kappa shape index (κ1) is 21.8. The molecule has 2 aromatic carbocycles. The Kier molecular flexibility index (Phi) is 7.32. The second kappa shape index (κ2) is 10.7. The molecule has 1 fully saturated rings. The molecule has 0 unspecified atom stereocenters. The lowest BCUT2D eigenvalue weighted by molar-refractivity contribution is -0.121. The highest BCUT2D eigenvalue weighted by Crippen LogP contribution is 2.18. The number of anilines is 2. The first-order valence-electron chi connectivity index (χ1n) is 10.8. The minimum absolute atomic E-state index is 0.0190. The average molecular weight is 433 g/mol. The Morgan fingerprint density at radius 1 is 0.812 bits per heavy atom. The standard InChI is InChI=1S/C25H28N4O3/c30-24(26-21-8-3-1-4-9-21)19-27-13-15-28(16-14-27)20-25(31)29(18-23-12-7-17-32-23)22-10-5-2-6-11-22/h1-12,17H,13-16,18-20H2,(H,26,30). The van der Waals surface area contributed by atoms with Gasteiger partial charge < -0.3 is 14.6 Å². The van der Waals surface area contributed by atoms with E-state index in [1.165, 1.54) is 0 Å². The fraction of sp³-hybridized carbons (Fsp3) is 0.280. The molecule has 7 heteroatoms. The van der Waals surface area contributed by atoms with Crippen LogP contribution in [0.3, 0.4) is 0 Å². The van der Waals surface area contributed by atoms with Crippen molar-refractivity contribution in [2.75, 3.05) is 49.5 Å². The van der Waals surface area contributed by atoms with Crippen LogP contribution < -0.4 is 10.2 Å². The van der Waals surface area contributed by atoms with Crippen LogP contribution in [0.1, 0.15) is 5.76 Å². The zero-order chi connectivity index (χ0) is 22.2. The summed E-state index contributed by atoms with van der Waals surface area (Å²) < 4.78 is 5.47. The molecule has 0 radical (unpaired) electrons. The lowest BCUT2D eigenvalue weighted by Crippen LogP contribution is -2.51. The quantitative estimate of drug-likeness (QED) is 0.593. The van der Waals surface area contributed by atoms with E-state index in [-0.39, 0.29) is 11.8 Å². The van der Waals surface area contributed by atoms with Crippen LogP contribution in [0, 0.1) is 0 Å². The van der Waals surface area contributed by atoms with Crippen molar-refractivity contribution in [3.63, 3.8) is 0 Å². The molecule has 1 aromatic heterocycles. The molecular formula is C25H28N4O3. The van der Waals surface area contributed by atoms with Gasteiger partial charge in [0, 0.05) is 37.6 Å². The Morgan fingerprint density at radius 3 is 2.06 bits per heavy atom. The van der Waals surface area contributed by atoms with E-state index in [1.54, 1.807) is 11.2 Å². The van der Waals surface area contributed by atoms with Crippen LogP contribution in [-0.4, -0.2) is 60.9 Å². The number of amides is 2. The van der Waals surface area contributed by atoms with Gasteiger partial charge in [-0.15, -0.1) is 0 Å². The average Bonchev–Trinajstić information content (AvgIpc) is 3.33. The molecule has 0 aliphatic carbocycles. The lowest BCUT2D eigenvalue weighted by Gasteiger charge is -2.35. The summed E-state index contributed by atoms with van der Waals surface area (Å²) in [4.78, 5) is 31.5. The molecule has 1 saturated heterocycles. The number of carbonyl (C=O) groups excluding carboxylic acids is 2. The summed E-state index contributed by atoms with van der Waals surface area (Å²) in [5.74, 6) is 0.758. The van der Waals surface area contributed by atoms with E-state index < -0.39 is 0 Å². The maximum absolute atomic E-state index is 13.2. The topological polar surface area (TPSA) is 69.0 Å². The van der Waals surface area contributed by atoms with E-state index >= 15 is 0 Å². The number of para-hydroxylation sites is 2. The van der Waals surface area contributed by atoms with Crippen molar-refractivity contribution in [3.8, 4) is 0 Å². The highest BCUT2D eigenvalue weighted by atomic mass is 16.3. The zero-order valence-electron chi connectivity index (χ0n) is 18.0. The first-order chi connectivity index (χ1) is 15.7. The minimum atomic E-state index is -0.0190. The van der Waals surface area contributed by atoms with Crippen LogP contribution >= 0.6 is 0 Å². The van der Waals surface area contributed by atoms with Gasteiger partial charge in [-0.1, -0.05) is 36.4 Å². The first-order valence-corrected chi connectivity index (χ1v) is 10.8. The van der Waals surface area contributed by atoms with Gasteiger partial charge in [-0.3, -0.25) is 19.4 Å². The number of hydrogen-bond acceptors (Lipinski definition) is 5. The highest BCUT2D eigenvalue weighted by Gasteiger charge is 2.24. The molecule has 1 aliphatic heterocycles. The van der Waals surface area contributed by atoms with Gasteiger partial charge in [-0.25, -0.2) is 0 Å². The monoisotopic (exact) mass is 432 g/mol. The summed E-state index contributed by atoms with van der Waals surface area (Å²) in [6.45, 7) is 4.07. The van der Waals surface area contributed by atoms with Gasteiger partial charge in [0.1, 0.15) is 5.76 Å². The fourth-order valence-electron chi connectivity index (χ4n) is 3.80. The number of carbonyl (C=O) groups is 2. The molecule has 4 rings (SSSR count). The summed E-state index contributed by atoms with van der Waals surface area (Å²) in [7, 11) is 0. The SMILES string of the molecule is O=C(CN1CCN(CC(=O)N(Cc2ccco2)c2ccccc2)CC1)Nc1ccccc1. The number of piperazine rings is 1. The van der Waals surface area contributed by atoms with Crippen LogP contribution in [0.25, 0.3) is 0 Å². The number of nitrogens with one attached hydrogen (secondary N) is 1. The van der Waals surface area contributed by atoms with Crippen molar-refractivity contribution < 1.29 is 14.0 Å². The summed E-state index contributed by atoms with van der Waals surface area (Å²) in [5, 5.41) is 2.92. The molecule has 3 aromatic rings. The molecule has 1 aliphatic rings. The van der Waals surface area contributed by atoms with Crippen molar-refractivity contribution in [3.05, 3.63) is 84.8 Å². The molecule has 1 N–H and O–H groups in total. The van der Waals surface area contributed by atoms with E-state index in [9.17, 15) is 9.59 Å². The number of furan rings is 1. The van der Waals surface area contributed by atoms with E-state index in [2.05, 4.69) is 15.1 Å². The Labute approximate surface area is 188 Å². The fourth-order valence-corrected chi connectivity index (χ4v) is 3.80. The van der Waals surface area contributed by atoms with Crippen molar-refractivity contribution >= 4 is 23.2 Å². The molecular weight excluding hydrogens is 404 g/mol. The normalized spacial score (nSPS) is 14.8. The third kappa shape index (κ3) is 6.06. The third-order valence-electron chi connectivity index (χ3n) is 5.51. The number of benzene rings is 2. The number of hydrogen-bond donors (Lipinski definition) is 1. The summed E-state index contributed by atoms with van der Waals surface area (Å²) in [6, 6.07) is 22.8. The Hall–Kier alpha value is -3.42. The molecule has 32 heavy (non-hydrogen) atoms. The van der Waals surface area contributed by atoms with Crippen molar-refractivity contribution in [2.24, 2.45) is 0 Å². The molecule has 2 heterocycles. The highest BCUT2D eigenvalue weighted by molar-refractivity contribution is 5.94. The van der Waals surface area contributed by atoms with Crippen LogP contribution in [0.2, 0.25) is 0 Å². The molecule has 0 spiro atoms. The van der Waals surface area contributed by atoms with Crippen molar-refractivity contribution in [1.29, 1.82) is 0 Å². The van der Waals surface area contributed by atoms with Gasteiger partial charge in [0.15, 0.2) is 0 Å². The smallest absolute Gasteiger partial charge is 0.241 e. The van der Waals surface area contributed by atoms with Gasteiger partial charge in [0.25, 0.3) is 0 Å². The lowest BCUT2D eigenvalue weighted by atomic mass is 10.2. The van der Waals surface area contributed by atoms with E-state index in [4.69, 9.17) is 4.42 Å². The Morgan fingerprint density at radius 2 is 1.44 bits per heavy atom. The second-order valence-electron chi connectivity index (χ2n) is 7.86. The van der Waals surface area contributed by atoms with Crippen LogP contribution in [0.4, 0.5) is 11.4 Å². The third-order valence-corrected chi connectivity index (χ3v) is 5.51. The summed E-state index contributed by atoms with van der Waals surface area (Å²) >= 11 is 0. The van der Waals surface area contributed by atoms with Crippen LogP contribution in [0.5, 0.6) is 0 Å². The van der Waals surface area contributed by atoms with Crippen LogP contribution in [-0.2, 0) is 16.1 Å². The van der Waals surface area contributed by atoms with Crippen molar-refractivity contribution in [1.82, 2.24) is 9.80 Å². The van der Waals surface area contributed by atoms with Crippen molar-refractivity contribution in [2.45, 2.75) is 6.54 Å². The van der Waals surface area contributed by atoms with Gasteiger partial charge in [0.05, 0.1) is 25.9 Å². The summed E-state index contributed by atoms with van der Waals surface area (Å²) in [5.41, 5.74) is 1.66. The molecule has 0 bridgehead atoms. The van der Waals surface area contributed by atoms with E-state index in [0.29, 0.717) is 19.6 Å². The number of rotatable bonds is 8. The predicted molar refractivity (Wildman–Crippen MR) is 124 cm³/mol. The second-order valence-corrected chi connectivity index (χ2v) is 7.86. The molecule has 7 nitrogen and oxygen atoms in total. The number of nitrogens with zero attached hydrogens (tertiary/aromatic N) is 3. The molecule has 2 amide bonds. The van der Waals surface area contributed by atoms with Gasteiger partial charge in [0.2, 0.25) is 11.8 Å². The van der Waals surface area contributed by atoms with Gasteiger partial charge in [-0.05, 0) is 36.4 Å². The molecule has 166 valence electrons. The van der Waals surface area contributed by atoms with Gasteiger partial charge in [-0.2, -0.15) is 0 Å². The molecule has 0 saturated carbocycles. The minimum Gasteiger partial charge on any atom is -0.467 e. The Bertz CT molecular complexity index is 985. The van der Waals surface area contributed by atoms with E-state index in [0.717, 1.165) is 43.3 Å².